The van der Waals surface area contributed by atoms with Gasteiger partial charge in [0.05, 0.1) is 12.1 Å². The minimum absolute atomic E-state index is 0.264. The number of rotatable bonds is 1. The van der Waals surface area contributed by atoms with E-state index in [1.165, 1.54) is 0 Å². The minimum Gasteiger partial charge on any atom is -0.390 e. The number of aliphatic hydroxyl groups excluding tert-OH is 1. The highest BCUT2D eigenvalue weighted by atomic mass is 16.8. The van der Waals surface area contributed by atoms with Crippen molar-refractivity contribution < 1.29 is 14.6 Å². The molecule has 6 nitrogen and oxygen atoms in total. The Morgan fingerprint density at radius 3 is 2.80 bits per heavy atom. The van der Waals surface area contributed by atoms with Crippen molar-refractivity contribution >= 4 is 0 Å². The minimum atomic E-state index is -0.849. The van der Waals surface area contributed by atoms with Crippen LogP contribution in [0.15, 0.2) is 17.3 Å². The molecule has 0 radical (unpaired) electrons. The second-order valence-corrected chi connectivity index (χ2v) is 4.14. The summed E-state index contributed by atoms with van der Waals surface area (Å²) in [6, 6.07) is -0.575. The third-order valence-corrected chi connectivity index (χ3v) is 2.53. The predicted molar refractivity (Wildman–Crippen MR) is 51.9 cm³/mol. The van der Waals surface area contributed by atoms with Gasteiger partial charge in [-0.25, -0.2) is 0 Å². The molecule has 0 saturated carbocycles. The van der Waals surface area contributed by atoms with Crippen molar-refractivity contribution in [1.82, 2.24) is 0 Å². The number of aliphatic hydroxyl groups is 1. The Morgan fingerprint density at radius 2 is 2.13 bits per heavy atom. The Morgan fingerprint density at radius 1 is 1.40 bits per heavy atom. The van der Waals surface area contributed by atoms with Gasteiger partial charge in [-0.1, -0.05) is 17.3 Å². The Balaban J connectivity index is 2.20. The molecular weight excluding hydrogens is 198 g/mol. The zero-order chi connectivity index (χ0) is 11.1. The number of azide groups is 1. The van der Waals surface area contributed by atoms with Gasteiger partial charge >= 0.3 is 0 Å². The fourth-order valence-corrected chi connectivity index (χ4v) is 1.93. The van der Waals surface area contributed by atoms with Crippen LogP contribution < -0.4 is 0 Å². The van der Waals surface area contributed by atoms with Gasteiger partial charge in [-0.3, -0.25) is 0 Å². The molecule has 1 N–H and O–H groups in total. The van der Waals surface area contributed by atoms with Gasteiger partial charge in [-0.2, -0.15) is 0 Å². The maximum atomic E-state index is 9.88. The smallest absolute Gasteiger partial charge is 0.164 e. The van der Waals surface area contributed by atoms with Crippen LogP contribution in [0.2, 0.25) is 0 Å². The average molecular weight is 211 g/mol. The highest BCUT2D eigenvalue weighted by molar-refractivity contribution is 5.14. The molecule has 1 fully saturated rings. The SMILES string of the molecule is CC1(C)O[C@H]2[C@@H](O)[C@H](N=[N+]=[N-])C=C[C@@H]2O1. The maximum absolute atomic E-state index is 9.88. The molecule has 4 atom stereocenters. The molecule has 0 unspecified atom stereocenters. The molecule has 1 heterocycles. The van der Waals surface area contributed by atoms with E-state index < -0.39 is 24.0 Å². The van der Waals surface area contributed by atoms with E-state index in [1.807, 2.05) is 0 Å². The number of ether oxygens (including phenoxy) is 2. The molecule has 0 aromatic rings. The zero-order valence-corrected chi connectivity index (χ0v) is 8.57. The van der Waals surface area contributed by atoms with Crippen LogP contribution in [0, 0.1) is 0 Å². The highest BCUT2D eigenvalue weighted by Gasteiger charge is 2.47. The van der Waals surface area contributed by atoms with Crippen LogP contribution in [0.3, 0.4) is 0 Å². The molecule has 2 rings (SSSR count). The van der Waals surface area contributed by atoms with Gasteiger partial charge in [0, 0.05) is 4.91 Å². The third-order valence-electron chi connectivity index (χ3n) is 2.53. The summed E-state index contributed by atoms with van der Waals surface area (Å²) in [6.45, 7) is 3.57. The van der Waals surface area contributed by atoms with Crippen LogP contribution in [0.4, 0.5) is 0 Å². The molecular formula is C9H13N3O3. The van der Waals surface area contributed by atoms with Crippen molar-refractivity contribution in [2.45, 2.75) is 44.0 Å². The van der Waals surface area contributed by atoms with E-state index in [0.717, 1.165) is 0 Å². The van der Waals surface area contributed by atoms with Crippen molar-refractivity contribution in [2.75, 3.05) is 0 Å². The number of nitrogens with zero attached hydrogens (tertiary/aromatic N) is 3. The summed E-state index contributed by atoms with van der Waals surface area (Å²) in [7, 11) is 0. The van der Waals surface area contributed by atoms with E-state index in [0.29, 0.717) is 0 Å². The lowest BCUT2D eigenvalue weighted by Gasteiger charge is -2.27. The molecule has 0 spiro atoms. The second-order valence-electron chi connectivity index (χ2n) is 4.14. The molecule has 6 heteroatoms. The van der Waals surface area contributed by atoms with Gasteiger partial charge in [-0.15, -0.1) is 0 Å². The first-order valence-corrected chi connectivity index (χ1v) is 4.80. The topological polar surface area (TPSA) is 87.5 Å². The molecule has 0 aromatic carbocycles. The van der Waals surface area contributed by atoms with E-state index >= 15 is 0 Å². The quantitative estimate of drug-likeness (QED) is 0.305. The first-order valence-electron chi connectivity index (χ1n) is 4.80. The lowest BCUT2D eigenvalue weighted by atomic mass is 9.95. The fourth-order valence-electron chi connectivity index (χ4n) is 1.93. The Labute approximate surface area is 87.1 Å². The molecule has 82 valence electrons. The highest BCUT2D eigenvalue weighted by Crippen LogP contribution is 2.34. The molecule has 1 aliphatic heterocycles. The van der Waals surface area contributed by atoms with E-state index in [9.17, 15) is 5.11 Å². The number of fused-ring (bicyclic) bond motifs is 1. The molecule has 2 aliphatic rings. The zero-order valence-electron chi connectivity index (χ0n) is 8.57. The van der Waals surface area contributed by atoms with Crippen LogP contribution in [0.1, 0.15) is 13.8 Å². The van der Waals surface area contributed by atoms with Gasteiger partial charge in [-0.05, 0) is 19.4 Å². The normalized spacial score (nSPS) is 42.1. The molecule has 0 amide bonds. The maximum Gasteiger partial charge on any atom is 0.164 e. The lowest BCUT2D eigenvalue weighted by molar-refractivity contribution is -0.153. The molecule has 15 heavy (non-hydrogen) atoms. The van der Waals surface area contributed by atoms with E-state index in [4.69, 9.17) is 15.0 Å². The summed E-state index contributed by atoms with van der Waals surface area (Å²) in [5, 5.41) is 13.4. The Bertz CT molecular complexity index is 335. The first kappa shape index (κ1) is 10.4. The second kappa shape index (κ2) is 3.50. The van der Waals surface area contributed by atoms with Crippen molar-refractivity contribution in [1.29, 1.82) is 0 Å². The van der Waals surface area contributed by atoms with E-state index in [1.54, 1.807) is 26.0 Å². The largest absolute Gasteiger partial charge is 0.390 e. The predicted octanol–water partition coefficient (Wildman–Crippen LogP) is 1.12. The van der Waals surface area contributed by atoms with Crippen LogP contribution in [-0.4, -0.2) is 35.2 Å². The summed E-state index contributed by atoms with van der Waals surface area (Å²) in [4.78, 5) is 2.68. The summed E-state index contributed by atoms with van der Waals surface area (Å²) in [5.41, 5.74) is 8.32. The summed E-state index contributed by atoms with van der Waals surface area (Å²) >= 11 is 0. The Hall–Kier alpha value is -1.07. The standard InChI is InChI=1S/C9H13N3O3/c1-9(2)14-6-4-3-5(11-12-10)7(13)8(6)15-9/h3-8,13H,1-2H3/t5-,6+,7+,8-/m1/s1. The fraction of sp³-hybridized carbons (Fsp3) is 0.778. The number of hydrogen-bond acceptors (Lipinski definition) is 4. The van der Waals surface area contributed by atoms with Crippen LogP contribution >= 0.6 is 0 Å². The Kier molecular flexibility index (Phi) is 2.44. The van der Waals surface area contributed by atoms with E-state index in [2.05, 4.69) is 10.0 Å². The summed E-state index contributed by atoms with van der Waals surface area (Å²) < 4.78 is 11.1. The first-order chi connectivity index (χ1) is 7.03. The van der Waals surface area contributed by atoms with Crippen molar-refractivity contribution in [3.63, 3.8) is 0 Å². The van der Waals surface area contributed by atoms with Gasteiger partial charge < -0.3 is 14.6 Å². The molecule has 0 bridgehead atoms. The third kappa shape index (κ3) is 1.85. The summed E-state index contributed by atoms with van der Waals surface area (Å²) in [6.07, 6.45) is 1.85. The van der Waals surface area contributed by atoms with Crippen LogP contribution in [0.25, 0.3) is 10.4 Å². The van der Waals surface area contributed by atoms with Crippen molar-refractivity contribution in [3.05, 3.63) is 22.6 Å². The van der Waals surface area contributed by atoms with Crippen LogP contribution in [0.5, 0.6) is 0 Å². The van der Waals surface area contributed by atoms with Gasteiger partial charge in [0.25, 0.3) is 0 Å². The van der Waals surface area contributed by atoms with Crippen molar-refractivity contribution in [3.8, 4) is 0 Å². The average Bonchev–Trinajstić information content (AvgIpc) is 2.46. The molecule has 0 aromatic heterocycles. The van der Waals surface area contributed by atoms with Gasteiger partial charge in [0.1, 0.15) is 12.2 Å². The summed E-state index contributed by atoms with van der Waals surface area (Å²) in [5.74, 6) is -0.702. The number of hydrogen-bond donors (Lipinski definition) is 1. The van der Waals surface area contributed by atoms with E-state index in [-0.39, 0.29) is 6.10 Å². The monoisotopic (exact) mass is 211 g/mol. The van der Waals surface area contributed by atoms with Crippen molar-refractivity contribution in [2.24, 2.45) is 5.11 Å². The van der Waals surface area contributed by atoms with Gasteiger partial charge in [0.2, 0.25) is 0 Å². The van der Waals surface area contributed by atoms with Gasteiger partial charge in [0.15, 0.2) is 5.79 Å². The van der Waals surface area contributed by atoms with Crippen LogP contribution in [-0.2, 0) is 9.47 Å². The molecule has 1 aliphatic carbocycles. The lowest BCUT2D eigenvalue weighted by Crippen LogP contribution is -2.44. The molecule has 1 saturated heterocycles.